The molecule has 15 heavy (non-hydrogen) atoms. The second kappa shape index (κ2) is 4.25. The average Bonchev–Trinajstić information content (AvgIpc) is 2.77. The topological polar surface area (TPSA) is 29.9 Å². The van der Waals surface area contributed by atoms with Crippen LogP contribution in [0.4, 0.5) is 5.69 Å². The van der Waals surface area contributed by atoms with Crippen LogP contribution in [-0.4, -0.2) is 15.8 Å². The van der Waals surface area contributed by atoms with Crippen LogP contribution < -0.4 is 5.32 Å². The molecule has 1 aromatic heterocycles. The fourth-order valence-electron chi connectivity index (χ4n) is 2.27. The van der Waals surface area contributed by atoms with Crippen LogP contribution in [0.2, 0.25) is 0 Å². The normalized spacial score (nSPS) is 26.1. The second-order valence-corrected chi connectivity index (χ2v) is 4.96. The lowest BCUT2D eigenvalue weighted by atomic mass is 10.1. The van der Waals surface area contributed by atoms with Gasteiger partial charge in [0, 0.05) is 18.3 Å². The van der Waals surface area contributed by atoms with Crippen molar-refractivity contribution in [2.75, 3.05) is 5.32 Å². The molecular formula is C12H21N3. The maximum atomic E-state index is 4.34. The van der Waals surface area contributed by atoms with Gasteiger partial charge in [-0.2, -0.15) is 5.10 Å². The molecule has 0 spiro atoms. The molecule has 0 aliphatic heterocycles. The summed E-state index contributed by atoms with van der Waals surface area (Å²) in [4.78, 5) is 0. The van der Waals surface area contributed by atoms with Gasteiger partial charge < -0.3 is 5.32 Å². The molecule has 1 aliphatic carbocycles. The summed E-state index contributed by atoms with van der Waals surface area (Å²) in [7, 11) is 0. The standard InChI is InChI=1S/C12H21N3/c1-9(2)15-8-11(7-13-15)14-12-6-4-5-10(12)3/h7-10,12,14H,4-6H2,1-3H3. The molecule has 0 bridgehead atoms. The molecule has 3 heteroatoms. The highest BCUT2D eigenvalue weighted by atomic mass is 15.3. The number of hydrogen-bond acceptors (Lipinski definition) is 2. The molecule has 2 atom stereocenters. The minimum Gasteiger partial charge on any atom is -0.380 e. The molecular weight excluding hydrogens is 186 g/mol. The van der Waals surface area contributed by atoms with E-state index in [1.54, 1.807) is 0 Å². The van der Waals surface area contributed by atoms with Crippen molar-refractivity contribution in [3.63, 3.8) is 0 Å². The summed E-state index contributed by atoms with van der Waals surface area (Å²) in [5, 5.41) is 7.92. The highest BCUT2D eigenvalue weighted by Gasteiger charge is 2.23. The average molecular weight is 207 g/mol. The van der Waals surface area contributed by atoms with Gasteiger partial charge in [0.15, 0.2) is 0 Å². The molecule has 1 N–H and O–H groups in total. The Kier molecular flexibility index (Phi) is 2.98. The number of rotatable bonds is 3. The summed E-state index contributed by atoms with van der Waals surface area (Å²) >= 11 is 0. The molecule has 1 saturated carbocycles. The number of nitrogens with zero attached hydrogens (tertiary/aromatic N) is 2. The molecule has 2 rings (SSSR count). The van der Waals surface area contributed by atoms with Gasteiger partial charge in [-0.15, -0.1) is 0 Å². The van der Waals surface area contributed by atoms with E-state index in [2.05, 4.69) is 37.4 Å². The van der Waals surface area contributed by atoms with Gasteiger partial charge in [-0.1, -0.05) is 13.3 Å². The molecule has 2 unspecified atom stereocenters. The summed E-state index contributed by atoms with van der Waals surface area (Å²) in [6.45, 7) is 6.63. The molecule has 0 amide bonds. The fraction of sp³-hybridized carbons (Fsp3) is 0.750. The van der Waals surface area contributed by atoms with E-state index in [0.29, 0.717) is 12.1 Å². The quantitative estimate of drug-likeness (QED) is 0.825. The van der Waals surface area contributed by atoms with Crippen LogP contribution in [0.5, 0.6) is 0 Å². The van der Waals surface area contributed by atoms with Crippen LogP contribution in [0.15, 0.2) is 12.4 Å². The Morgan fingerprint density at radius 3 is 2.80 bits per heavy atom. The third-order valence-electron chi connectivity index (χ3n) is 3.34. The summed E-state index contributed by atoms with van der Waals surface area (Å²) in [5.74, 6) is 0.799. The highest BCUT2D eigenvalue weighted by Crippen LogP contribution is 2.27. The Hall–Kier alpha value is -0.990. The first-order chi connectivity index (χ1) is 7.16. The molecule has 0 saturated heterocycles. The molecule has 1 aliphatic rings. The Balaban J connectivity index is 1.98. The van der Waals surface area contributed by atoms with E-state index in [1.165, 1.54) is 24.9 Å². The molecule has 1 heterocycles. The van der Waals surface area contributed by atoms with Crippen molar-refractivity contribution in [1.82, 2.24) is 9.78 Å². The lowest BCUT2D eigenvalue weighted by Gasteiger charge is -2.16. The van der Waals surface area contributed by atoms with Crippen LogP contribution in [0.25, 0.3) is 0 Å². The van der Waals surface area contributed by atoms with Gasteiger partial charge in [-0.05, 0) is 32.6 Å². The first-order valence-electron chi connectivity index (χ1n) is 5.97. The first-order valence-corrected chi connectivity index (χ1v) is 5.97. The zero-order valence-electron chi connectivity index (χ0n) is 9.90. The largest absolute Gasteiger partial charge is 0.380 e. The van der Waals surface area contributed by atoms with Crippen molar-refractivity contribution in [2.24, 2.45) is 5.92 Å². The van der Waals surface area contributed by atoms with Gasteiger partial charge in [0.2, 0.25) is 0 Å². The van der Waals surface area contributed by atoms with Crippen molar-refractivity contribution in [3.05, 3.63) is 12.4 Å². The maximum Gasteiger partial charge on any atom is 0.0728 e. The number of anilines is 1. The van der Waals surface area contributed by atoms with E-state index < -0.39 is 0 Å². The molecule has 3 nitrogen and oxygen atoms in total. The zero-order chi connectivity index (χ0) is 10.8. The Morgan fingerprint density at radius 2 is 2.27 bits per heavy atom. The van der Waals surface area contributed by atoms with Crippen LogP contribution >= 0.6 is 0 Å². The van der Waals surface area contributed by atoms with E-state index in [1.807, 2.05) is 10.9 Å². The van der Waals surface area contributed by atoms with Crippen LogP contribution in [0.3, 0.4) is 0 Å². The Morgan fingerprint density at radius 1 is 1.47 bits per heavy atom. The molecule has 1 fully saturated rings. The summed E-state index contributed by atoms with van der Waals surface area (Å²) in [6.07, 6.45) is 8.06. The van der Waals surface area contributed by atoms with Gasteiger partial charge in [0.25, 0.3) is 0 Å². The SMILES string of the molecule is CC1CCCC1Nc1cnn(C(C)C)c1. The van der Waals surface area contributed by atoms with Crippen molar-refractivity contribution in [1.29, 1.82) is 0 Å². The lowest BCUT2D eigenvalue weighted by molar-refractivity contribution is 0.532. The summed E-state index contributed by atoms with van der Waals surface area (Å²) in [5.41, 5.74) is 1.17. The van der Waals surface area contributed by atoms with Crippen LogP contribution in [0, 0.1) is 5.92 Å². The number of hydrogen-bond donors (Lipinski definition) is 1. The van der Waals surface area contributed by atoms with Crippen LogP contribution in [-0.2, 0) is 0 Å². The molecule has 84 valence electrons. The third kappa shape index (κ3) is 2.33. The van der Waals surface area contributed by atoms with Gasteiger partial charge in [-0.25, -0.2) is 0 Å². The van der Waals surface area contributed by atoms with Gasteiger partial charge >= 0.3 is 0 Å². The minimum atomic E-state index is 0.446. The Bertz CT molecular complexity index is 316. The van der Waals surface area contributed by atoms with E-state index >= 15 is 0 Å². The fourth-order valence-corrected chi connectivity index (χ4v) is 2.27. The Labute approximate surface area is 91.9 Å². The van der Waals surface area contributed by atoms with Gasteiger partial charge in [-0.3, -0.25) is 4.68 Å². The van der Waals surface area contributed by atoms with Crippen molar-refractivity contribution >= 4 is 5.69 Å². The monoisotopic (exact) mass is 207 g/mol. The predicted octanol–water partition coefficient (Wildman–Crippen LogP) is 3.06. The molecule has 0 aromatic carbocycles. The predicted molar refractivity (Wildman–Crippen MR) is 63.0 cm³/mol. The van der Waals surface area contributed by atoms with Gasteiger partial charge in [0.1, 0.15) is 0 Å². The van der Waals surface area contributed by atoms with Crippen molar-refractivity contribution in [2.45, 2.75) is 52.1 Å². The van der Waals surface area contributed by atoms with Crippen LogP contribution in [0.1, 0.15) is 46.1 Å². The third-order valence-corrected chi connectivity index (χ3v) is 3.34. The van der Waals surface area contributed by atoms with Crippen molar-refractivity contribution in [3.8, 4) is 0 Å². The number of nitrogens with one attached hydrogen (secondary N) is 1. The van der Waals surface area contributed by atoms with Crippen molar-refractivity contribution < 1.29 is 0 Å². The smallest absolute Gasteiger partial charge is 0.0728 e. The van der Waals surface area contributed by atoms with E-state index in [-0.39, 0.29) is 0 Å². The second-order valence-electron chi connectivity index (χ2n) is 4.96. The summed E-state index contributed by atoms with van der Waals surface area (Å²) in [6, 6.07) is 1.09. The zero-order valence-corrected chi connectivity index (χ0v) is 9.90. The number of aromatic nitrogens is 2. The molecule has 0 radical (unpaired) electrons. The van der Waals surface area contributed by atoms with E-state index in [4.69, 9.17) is 0 Å². The maximum absolute atomic E-state index is 4.34. The van der Waals surface area contributed by atoms with E-state index in [9.17, 15) is 0 Å². The molecule has 1 aromatic rings. The van der Waals surface area contributed by atoms with Gasteiger partial charge in [0.05, 0.1) is 11.9 Å². The summed E-state index contributed by atoms with van der Waals surface area (Å²) < 4.78 is 2.00. The lowest BCUT2D eigenvalue weighted by Crippen LogP contribution is -2.21. The minimum absolute atomic E-state index is 0.446. The highest BCUT2D eigenvalue weighted by molar-refractivity contribution is 5.39. The van der Waals surface area contributed by atoms with E-state index in [0.717, 1.165) is 5.92 Å². The first kappa shape index (κ1) is 10.5.